The van der Waals surface area contributed by atoms with Crippen LogP contribution in [0.5, 0.6) is 0 Å². The smallest absolute Gasteiger partial charge is 0.407 e. The summed E-state index contributed by atoms with van der Waals surface area (Å²) >= 11 is 0. The molecule has 0 aromatic heterocycles. The number of nitrogens with one attached hydrogen (secondary N) is 1. The second kappa shape index (κ2) is 4.14. The molecular weight excluding hydrogens is 130 g/mol. The van der Waals surface area contributed by atoms with Gasteiger partial charge in [0.1, 0.15) is 0 Å². The molecule has 1 N–H and O–H groups in total. The van der Waals surface area contributed by atoms with Gasteiger partial charge in [-0.3, -0.25) is 0 Å². The van der Waals surface area contributed by atoms with E-state index in [1.165, 1.54) is 0 Å². The van der Waals surface area contributed by atoms with Gasteiger partial charge in [0, 0.05) is 6.04 Å². The van der Waals surface area contributed by atoms with Gasteiger partial charge in [-0.05, 0) is 27.7 Å². The van der Waals surface area contributed by atoms with Crippen LogP contribution in [-0.2, 0) is 4.74 Å². The maximum absolute atomic E-state index is 10.7. The Labute approximate surface area is 61.8 Å². The molecule has 0 aliphatic rings. The molecule has 0 spiro atoms. The van der Waals surface area contributed by atoms with Gasteiger partial charge in [0.15, 0.2) is 0 Å². The van der Waals surface area contributed by atoms with Gasteiger partial charge in [-0.25, -0.2) is 4.79 Å². The lowest BCUT2D eigenvalue weighted by molar-refractivity contribution is 0.113. The van der Waals surface area contributed by atoms with Crippen molar-refractivity contribution in [2.24, 2.45) is 0 Å². The van der Waals surface area contributed by atoms with Crippen LogP contribution in [0, 0.1) is 0 Å². The molecule has 0 rings (SSSR count). The van der Waals surface area contributed by atoms with Crippen LogP contribution in [0.15, 0.2) is 0 Å². The van der Waals surface area contributed by atoms with Crippen molar-refractivity contribution in [1.82, 2.24) is 5.32 Å². The Bertz CT molecular complexity index is 98.2. The fraction of sp³-hybridized carbons (Fsp3) is 0.857. The Morgan fingerprint density at radius 3 is 2.10 bits per heavy atom. The maximum atomic E-state index is 10.7. The molecule has 1 amide bonds. The number of hydrogen-bond acceptors (Lipinski definition) is 2. The number of carbonyl (C=O) groups excluding carboxylic acids is 1. The van der Waals surface area contributed by atoms with E-state index in [-0.39, 0.29) is 18.2 Å². The number of ether oxygens (including phenoxy) is 1. The van der Waals surface area contributed by atoms with E-state index < -0.39 is 0 Å². The highest BCUT2D eigenvalue weighted by Gasteiger charge is 2.04. The lowest BCUT2D eigenvalue weighted by Crippen LogP contribution is -2.32. The van der Waals surface area contributed by atoms with E-state index in [2.05, 4.69) is 5.32 Å². The van der Waals surface area contributed by atoms with Gasteiger partial charge in [-0.15, -0.1) is 0 Å². The van der Waals surface area contributed by atoms with Crippen LogP contribution in [-0.4, -0.2) is 18.2 Å². The van der Waals surface area contributed by atoms with Gasteiger partial charge in [-0.1, -0.05) is 0 Å². The molecule has 0 aliphatic heterocycles. The molecule has 3 heteroatoms. The third kappa shape index (κ3) is 5.41. The van der Waals surface area contributed by atoms with Crippen LogP contribution >= 0.6 is 0 Å². The van der Waals surface area contributed by atoms with Gasteiger partial charge in [0.2, 0.25) is 0 Å². The lowest BCUT2D eigenvalue weighted by atomic mass is 10.4. The molecule has 3 nitrogen and oxygen atoms in total. The molecule has 0 radical (unpaired) electrons. The summed E-state index contributed by atoms with van der Waals surface area (Å²) in [5, 5.41) is 2.61. The first-order chi connectivity index (χ1) is 4.52. The highest BCUT2D eigenvalue weighted by atomic mass is 16.6. The van der Waals surface area contributed by atoms with Gasteiger partial charge in [0.05, 0.1) is 6.10 Å². The van der Waals surface area contributed by atoms with Crippen molar-refractivity contribution >= 4 is 6.09 Å². The van der Waals surface area contributed by atoms with E-state index in [9.17, 15) is 4.79 Å². The molecule has 0 saturated carbocycles. The molecule has 60 valence electrons. The summed E-state index contributed by atoms with van der Waals surface area (Å²) in [6.45, 7) is 7.42. The Kier molecular flexibility index (Phi) is 3.84. The molecule has 0 fully saturated rings. The van der Waals surface area contributed by atoms with Crippen LogP contribution in [0.3, 0.4) is 0 Å². The largest absolute Gasteiger partial charge is 0.447 e. The Hall–Kier alpha value is -0.730. The first kappa shape index (κ1) is 9.27. The fourth-order valence-corrected chi connectivity index (χ4v) is 0.484. The molecule has 10 heavy (non-hydrogen) atoms. The molecule has 0 bridgehead atoms. The van der Waals surface area contributed by atoms with E-state index in [0.29, 0.717) is 0 Å². The molecule has 0 aliphatic carbocycles. The zero-order chi connectivity index (χ0) is 8.15. The normalized spacial score (nSPS) is 10.2. The van der Waals surface area contributed by atoms with Gasteiger partial charge < -0.3 is 10.1 Å². The highest BCUT2D eigenvalue weighted by Crippen LogP contribution is 1.89. The van der Waals surface area contributed by atoms with E-state index in [1.54, 1.807) is 0 Å². The summed E-state index contributed by atoms with van der Waals surface area (Å²) in [6.07, 6.45) is -0.385. The second-order valence-corrected chi connectivity index (χ2v) is 2.75. The van der Waals surface area contributed by atoms with Gasteiger partial charge in [0.25, 0.3) is 0 Å². The first-order valence-corrected chi connectivity index (χ1v) is 3.49. The van der Waals surface area contributed by atoms with Gasteiger partial charge >= 0.3 is 6.09 Å². The average Bonchev–Trinajstić information content (AvgIpc) is 1.58. The maximum Gasteiger partial charge on any atom is 0.407 e. The van der Waals surface area contributed by atoms with Crippen molar-refractivity contribution in [2.45, 2.75) is 39.8 Å². The molecule has 0 aromatic rings. The van der Waals surface area contributed by atoms with Crippen molar-refractivity contribution in [3.05, 3.63) is 0 Å². The van der Waals surface area contributed by atoms with E-state index in [4.69, 9.17) is 4.74 Å². The zero-order valence-electron chi connectivity index (χ0n) is 6.97. The summed E-state index contributed by atoms with van der Waals surface area (Å²) in [6, 6.07) is 0.145. The SMILES string of the molecule is CC(C)NC(=O)OC(C)C. The minimum absolute atomic E-state index is 0.0428. The number of alkyl carbamates (subject to hydrolysis) is 1. The molecule has 0 unspecified atom stereocenters. The summed E-state index contributed by atoms with van der Waals surface area (Å²) in [5.74, 6) is 0. The van der Waals surface area contributed by atoms with Crippen molar-refractivity contribution in [3.8, 4) is 0 Å². The minimum Gasteiger partial charge on any atom is -0.447 e. The van der Waals surface area contributed by atoms with Gasteiger partial charge in [-0.2, -0.15) is 0 Å². The summed E-state index contributed by atoms with van der Waals surface area (Å²) < 4.78 is 4.81. The standard InChI is InChI=1S/C7H15NO2/c1-5(2)8-7(9)10-6(3)4/h5-6H,1-4H3,(H,8,9). The third-order valence-electron chi connectivity index (χ3n) is 0.749. The molecule has 0 atom stereocenters. The Morgan fingerprint density at radius 2 is 1.80 bits per heavy atom. The molecule has 0 heterocycles. The quantitative estimate of drug-likeness (QED) is 0.640. The fourth-order valence-electron chi connectivity index (χ4n) is 0.484. The van der Waals surface area contributed by atoms with Crippen LogP contribution < -0.4 is 5.32 Å². The average molecular weight is 145 g/mol. The molecule has 0 aromatic carbocycles. The second-order valence-electron chi connectivity index (χ2n) is 2.75. The number of carbonyl (C=O) groups is 1. The minimum atomic E-state index is -0.343. The lowest BCUT2D eigenvalue weighted by Gasteiger charge is -2.11. The van der Waals surface area contributed by atoms with Crippen molar-refractivity contribution in [1.29, 1.82) is 0 Å². The molecular formula is C7H15NO2. The molecule has 0 saturated heterocycles. The third-order valence-corrected chi connectivity index (χ3v) is 0.749. The van der Waals surface area contributed by atoms with Crippen molar-refractivity contribution in [2.75, 3.05) is 0 Å². The van der Waals surface area contributed by atoms with Crippen LogP contribution in [0.25, 0.3) is 0 Å². The summed E-state index contributed by atoms with van der Waals surface area (Å²) in [7, 11) is 0. The predicted octanol–water partition coefficient (Wildman–Crippen LogP) is 1.53. The highest BCUT2D eigenvalue weighted by molar-refractivity contribution is 5.67. The predicted molar refractivity (Wildman–Crippen MR) is 39.9 cm³/mol. The summed E-state index contributed by atoms with van der Waals surface area (Å²) in [5.41, 5.74) is 0. The zero-order valence-corrected chi connectivity index (χ0v) is 6.97. The van der Waals surface area contributed by atoms with E-state index in [1.807, 2.05) is 27.7 Å². The van der Waals surface area contributed by atoms with E-state index in [0.717, 1.165) is 0 Å². The van der Waals surface area contributed by atoms with E-state index >= 15 is 0 Å². The Morgan fingerprint density at radius 1 is 1.30 bits per heavy atom. The topological polar surface area (TPSA) is 38.3 Å². The van der Waals surface area contributed by atoms with Crippen LogP contribution in [0.2, 0.25) is 0 Å². The number of amides is 1. The van der Waals surface area contributed by atoms with Crippen molar-refractivity contribution < 1.29 is 9.53 Å². The van der Waals surface area contributed by atoms with Crippen LogP contribution in [0.1, 0.15) is 27.7 Å². The van der Waals surface area contributed by atoms with Crippen LogP contribution in [0.4, 0.5) is 4.79 Å². The van der Waals surface area contributed by atoms with Crippen molar-refractivity contribution in [3.63, 3.8) is 0 Å². The Balaban J connectivity index is 3.44. The number of hydrogen-bond donors (Lipinski definition) is 1. The first-order valence-electron chi connectivity index (χ1n) is 3.49. The monoisotopic (exact) mass is 145 g/mol. The number of rotatable bonds is 2. The summed E-state index contributed by atoms with van der Waals surface area (Å²) in [4.78, 5) is 10.7.